The first kappa shape index (κ1) is 32.3. The summed E-state index contributed by atoms with van der Waals surface area (Å²) in [6, 6.07) is 7.72. The molecule has 0 aliphatic heterocycles. The Morgan fingerprint density at radius 3 is 2.07 bits per heavy atom. The third-order valence-corrected chi connectivity index (χ3v) is 3.04. The minimum atomic E-state index is -0.347. The summed E-state index contributed by atoms with van der Waals surface area (Å²) < 4.78 is 27.8. The molecule has 1 aromatic carbocycles. The summed E-state index contributed by atoms with van der Waals surface area (Å²) in [6.07, 6.45) is 1.60. The topological polar surface area (TPSA) is 126 Å². The first-order valence-electron chi connectivity index (χ1n) is 7.12. The van der Waals surface area contributed by atoms with Gasteiger partial charge >= 0.3 is 46.0 Å². The zero-order valence-electron chi connectivity index (χ0n) is 15.6. The van der Waals surface area contributed by atoms with Gasteiger partial charge in [-0.1, -0.05) is 18.2 Å². The van der Waals surface area contributed by atoms with E-state index in [0.717, 1.165) is 17.5 Å². The minimum Gasteiger partial charge on any atom is 0 e. The molecule has 0 saturated heterocycles. The summed E-state index contributed by atoms with van der Waals surface area (Å²) >= 11 is 0. The maximum absolute atomic E-state index is 12.0. The van der Waals surface area contributed by atoms with Gasteiger partial charge in [0.25, 0.3) is 0 Å². The molecule has 1 rings (SSSR count). The van der Waals surface area contributed by atoms with Crippen LogP contribution in [-0.2, 0) is 42.5 Å². The molecule has 0 spiro atoms. The van der Waals surface area contributed by atoms with Crippen LogP contribution < -0.4 is 4.74 Å². The molecule has 0 aromatic heterocycles. The van der Waals surface area contributed by atoms with Crippen LogP contribution in [0.15, 0.2) is 24.3 Å². The van der Waals surface area contributed by atoms with Crippen molar-refractivity contribution >= 4 is 12.1 Å². The van der Waals surface area contributed by atoms with Crippen molar-refractivity contribution in [2.24, 2.45) is 0 Å². The average molecular weight is 411 g/mol. The number of methoxy groups -OCH3 is 1. The summed E-state index contributed by atoms with van der Waals surface area (Å²) in [7, 11) is 1.63. The molecule has 0 aliphatic carbocycles. The molecule has 0 aliphatic rings. The van der Waals surface area contributed by atoms with Crippen molar-refractivity contribution < 1.29 is 45.6 Å². The molecule has 0 atom stereocenters. The Morgan fingerprint density at radius 2 is 1.67 bits per heavy atom. The fraction of sp³-hybridized carbons (Fsp3) is 0.389. The fourth-order valence-corrected chi connectivity index (χ4v) is 2.04. The number of hydrogen-bond acceptors (Lipinski definition) is 2. The van der Waals surface area contributed by atoms with Gasteiger partial charge in [-0.2, -0.15) is 4.79 Å². The van der Waals surface area contributed by atoms with Crippen LogP contribution in [0.3, 0.4) is 0 Å². The average Bonchev–Trinajstić information content (AvgIpc) is 2.66. The zero-order valence-corrected chi connectivity index (χ0v) is 16.9. The molecule has 9 heteroatoms. The number of hydrogen-bond donors (Lipinski definition) is 0. The van der Waals surface area contributed by atoms with Crippen molar-refractivity contribution in [1.29, 1.82) is 0 Å². The van der Waals surface area contributed by atoms with E-state index in [1.165, 1.54) is 0 Å². The van der Waals surface area contributed by atoms with Gasteiger partial charge in [-0.25, -0.2) is 0 Å². The molecule has 0 radical (unpaired) electrons. The predicted octanol–water partition coefficient (Wildman–Crippen LogP) is 2.05. The van der Waals surface area contributed by atoms with Crippen LogP contribution in [-0.4, -0.2) is 41.0 Å². The van der Waals surface area contributed by atoms with Crippen LogP contribution in [0.25, 0.3) is 5.53 Å². The number of nitrogens with zero attached hydrogens (tertiary/aromatic N) is 3. The van der Waals surface area contributed by atoms with Crippen LogP contribution in [0.5, 0.6) is 5.75 Å². The van der Waals surface area contributed by atoms with Gasteiger partial charge in [0.2, 0.25) is 0 Å². The molecule has 8 nitrogen and oxygen atoms in total. The quantitative estimate of drug-likeness (QED) is 0.242. The van der Waals surface area contributed by atoms with E-state index < -0.39 is 0 Å². The molecular formula is C18H21CrN3O5. The van der Waals surface area contributed by atoms with Gasteiger partial charge in [0.05, 0.1) is 7.11 Å². The van der Waals surface area contributed by atoms with Crippen molar-refractivity contribution in [3.05, 3.63) is 55.3 Å². The monoisotopic (exact) mass is 411 g/mol. The molecule has 1 aromatic rings. The number of carbonyl (C=O) groups excluding carboxylic acids is 1. The number of para-hydroxylation sites is 1. The summed E-state index contributed by atoms with van der Waals surface area (Å²) in [5, 5.41) is 0. The van der Waals surface area contributed by atoms with Gasteiger partial charge in [-0.05, 0) is 38.8 Å². The Hall–Kier alpha value is -2.38. The molecule has 144 valence electrons. The smallest absolute Gasteiger partial charge is 0 e. The maximum Gasteiger partial charge on any atom is 0 e. The van der Waals surface area contributed by atoms with E-state index in [1.54, 1.807) is 12.0 Å². The molecular weight excluding hydrogens is 390 g/mol. The van der Waals surface area contributed by atoms with E-state index in [2.05, 4.69) is 24.7 Å². The van der Waals surface area contributed by atoms with Gasteiger partial charge in [0, 0.05) is 29.4 Å². The molecule has 0 N–H and O–H groups in total. The van der Waals surface area contributed by atoms with Gasteiger partial charge in [0.1, 0.15) is 5.75 Å². The second-order valence-electron chi connectivity index (χ2n) is 5.47. The molecule has 0 bridgehead atoms. The molecule has 27 heavy (non-hydrogen) atoms. The third kappa shape index (κ3) is 13.5. The van der Waals surface area contributed by atoms with Crippen molar-refractivity contribution in [3.8, 4) is 5.75 Å². The Kier molecular flexibility index (Phi) is 23.9. The van der Waals surface area contributed by atoms with Crippen molar-refractivity contribution in [3.63, 3.8) is 0 Å². The maximum atomic E-state index is 12.0. The second kappa shape index (κ2) is 19.9. The molecule has 0 fully saturated rings. The Bertz CT molecular complexity index is 630. The number of amides is 1. The van der Waals surface area contributed by atoms with Crippen LogP contribution in [0, 0.1) is 20.0 Å². The van der Waals surface area contributed by atoms with Crippen LogP contribution in [0.2, 0.25) is 0 Å². The number of ether oxygens (including phenoxy) is 1. The fourth-order valence-electron chi connectivity index (χ4n) is 2.04. The third-order valence-electron chi connectivity index (χ3n) is 3.04. The van der Waals surface area contributed by atoms with Gasteiger partial charge in [-0.15, -0.1) is 0 Å². The molecule has 0 unspecified atom stereocenters. The summed E-state index contributed by atoms with van der Waals surface area (Å²) in [5.74, 6) is 0.500. The summed E-state index contributed by atoms with van der Waals surface area (Å²) in [5.41, 5.74) is 9.21. The second-order valence-corrected chi connectivity index (χ2v) is 5.47. The summed E-state index contributed by atoms with van der Waals surface area (Å²) in [6.45, 7) is 19.9. The van der Waals surface area contributed by atoms with Crippen molar-refractivity contribution in [2.45, 2.75) is 32.7 Å². The largest absolute Gasteiger partial charge is 0 e. The van der Waals surface area contributed by atoms with E-state index in [0.29, 0.717) is 13.0 Å². The van der Waals surface area contributed by atoms with Gasteiger partial charge in [0.15, 0.2) is 0 Å². The number of rotatable bonds is 5. The Morgan fingerprint density at radius 1 is 1.19 bits per heavy atom. The van der Waals surface area contributed by atoms with E-state index in [4.69, 9.17) is 24.2 Å². The molecule has 0 heterocycles. The normalized spacial score (nSPS) is 8.07. The zero-order chi connectivity index (χ0) is 21.2. The van der Waals surface area contributed by atoms with Crippen LogP contribution in [0.1, 0.15) is 26.3 Å². The minimum absolute atomic E-state index is 0. The van der Waals surface area contributed by atoms with Crippen LogP contribution >= 0.6 is 0 Å². The van der Waals surface area contributed by atoms with E-state index >= 15 is 0 Å². The SMILES string of the molecule is COc1ccccc1CCN(C(=O)C=[N+]=[N-])C(C)(C)C.[C-]#[O+].[C-]#[O+].[C-]#[O+].[Cr]. The van der Waals surface area contributed by atoms with Gasteiger partial charge in [-0.3, -0.25) is 4.79 Å². The first-order chi connectivity index (χ1) is 12.4. The molecule has 0 saturated carbocycles. The van der Waals surface area contributed by atoms with Crippen LogP contribution in [0.4, 0.5) is 0 Å². The summed E-state index contributed by atoms with van der Waals surface area (Å²) in [4.78, 5) is 16.4. The predicted molar refractivity (Wildman–Crippen MR) is 89.6 cm³/mol. The standard InChI is InChI=1S/C15H21N3O2.3CO.Cr/c1-15(2,3)18(14(19)11-17-16)10-9-12-7-5-6-8-13(12)20-4;3*1-2;/h5-8,11H,9-10H2,1-4H3;;;;. The van der Waals surface area contributed by atoms with Crippen molar-refractivity contribution in [2.75, 3.05) is 13.7 Å². The first-order valence-corrected chi connectivity index (χ1v) is 7.12. The van der Waals surface area contributed by atoms with Crippen molar-refractivity contribution in [1.82, 2.24) is 4.90 Å². The number of benzene rings is 1. The Labute approximate surface area is 170 Å². The van der Waals surface area contributed by atoms with E-state index in [9.17, 15) is 4.79 Å². The Balaban J connectivity index is -0.000000342. The van der Waals surface area contributed by atoms with Gasteiger partial charge < -0.3 is 15.2 Å². The van der Waals surface area contributed by atoms with E-state index in [-0.39, 0.29) is 28.8 Å². The molecule has 1 amide bonds. The number of carbonyl (C=O) groups is 1. The van der Waals surface area contributed by atoms with E-state index in [1.807, 2.05) is 45.0 Å².